The van der Waals surface area contributed by atoms with Crippen LogP contribution in [0, 0.1) is 6.92 Å². The lowest BCUT2D eigenvalue weighted by molar-refractivity contribution is 0.756. The minimum atomic E-state index is 0.698. The van der Waals surface area contributed by atoms with Crippen molar-refractivity contribution in [3.63, 3.8) is 0 Å². The highest BCUT2D eigenvalue weighted by Crippen LogP contribution is 2.08. The van der Waals surface area contributed by atoms with Crippen LogP contribution < -0.4 is 11.1 Å². The molecule has 0 aliphatic heterocycles. The van der Waals surface area contributed by atoms with Crippen molar-refractivity contribution in [3.05, 3.63) is 35.8 Å². The van der Waals surface area contributed by atoms with Crippen molar-refractivity contribution in [2.24, 2.45) is 7.05 Å². The zero-order valence-corrected chi connectivity index (χ0v) is 10.1. The zero-order chi connectivity index (χ0) is 12.3. The molecule has 17 heavy (non-hydrogen) atoms. The number of hydrogen-bond acceptors (Lipinski definition) is 4. The van der Waals surface area contributed by atoms with E-state index in [1.165, 1.54) is 0 Å². The monoisotopic (exact) mass is 231 g/mol. The van der Waals surface area contributed by atoms with E-state index in [1.807, 2.05) is 36.9 Å². The molecule has 0 amide bonds. The standard InChI is InChI=1S/C12H17N5/c1-9-7-12(17(2)16-9)14-6-5-11-4-3-10(13)8-15-11/h3-4,7-8,14H,5-6,13H2,1-2H3. The van der Waals surface area contributed by atoms with Gasteiger partial charge in [0.05, 0.1) is 17.6 Å². The van der Waals surface area contributed by atoms with Crippen LogP contribution in [0.4, 0.5) is 11.5 Å². The van der Waals surface area contributed by atoms with Crippen LogP contribution in [0.25, 0.3) is 0 Å². The van der Waals surface area contributed by atoms with Crippen LogP contribution >= 0.6 is 0 Å². The Bertz CT molecular complexity index is 486. The Morgan fingerprint density at radius 1 is 1.41 bits per heavy atom. The van der Waals surface area contributed by atoms with Gasteiger partial charge in [-0.15, -0.1) is 0 Å². The average molecular weight is 231 g/mol. The highest BCUT2D eigenvalue weighted by molar-refractivity contribution is 5.37. The van der Waals surface area contributed by atoms with E-state index < -0.39 is 0 Å². The zero-order valence-electron chi connectivity index (χ0n) is 10.1. The maximum Gasteiger partial charge on any atom is 0.124 e. The van der Waals surface area contributed by atoms with Crippen LogP contribution in [0.15, 0.2) is 24.4 Å². The second-order valence-electron chi connectivity index (χ2n) is 4.05. The number of anilines is 2. The molecule has 0 saturated carbocycles. The maximum atomic E-state index is 5.58. The van der Waals surface area contributed by atoms with Gasteiger partial charge in [-0.05, 0) is 19.1 Å². The summed E-state index contributed by atoms with van der Waals surface area (Å²) in [4.78, 5) is 4.25. The number of pyridine rings is 1. The first kappa shape index (κ1) is 11.4. The van der Waals surface area contributed by atoms with Crippen LogP contribution in [0.1, 0.15) is 11.4 Å². The molecule has 0 radical (unpaired) electrons. The van der Waals surface area contributed by atoms with E-state index in [4.69, 9.17) is 5.73 Å². The van der Waals surface area contributed by atoms with E-state index in [0.29, 0.717) is 5.69 Å². The summed E-state index contributed by atoms with van der Waals surface area (Å²) in [7, 11) is 1.93. The molecule has 0 aromatic carbocycles. The predicted molar refractivity (Wildman–Crippen MR) is 68.8 cm³/mol. The molecule has 2 heterocycles. The molecule has 90 valence electrons. The van der Waals surface area contributed by atoms with Crippen molar-refractivity contribution in [1.82, 2.24) is 14.8 Å². The van der Waals surface area contributed by atoms with Crippen LogP contribution in [0.3, 0.4) is 0 Å². The van der Waals surface area contributed by atoms with Gasteiger partial charge in [-0.1, -0.05) is 0 Å². The van der Waals surface area contributed by atoms with Crippen LogP contribution in [0.5, 0.6) is 0 Å². The fourth-order valence-electron chi connectivity index (χ4n) is 1.68. The molecule has 0 aliphatic carbocycles. The molecule has 5 nitrogen and oxygen atoms in total. The first-order chi connectivity index (χ1) is 8.15. The third-order valence-corrected chi connectivity index (χ3v) is 2.54. The molecule has 0 aliphatic rings. The largest absolute Gasteiger partial charge is 0.397 e. The summed E-state index contributed by atoms with van der Waals surface area (Å²) < 4.78 is 1.84. The molecule has 3 N–H and O–H groups in total. The summed E-state index contributed by atoms with van der Waals surface area (Å²) in [5.74, 6) is 1.03. The lowest BCUT2D eigenvalue weighted by Gasteiger charge is -2.05. The molecule has 5 heteroatoms. The van der Waals surface area contributed by atoms with E-state index in [2.05, 4.69) is 15.4 Å². The van der Waals surface area contributed by atoms with Gasteiger partial charge in [0.15, 0.2) is 0 Å². The van der Waals surface area contributed by atoms with Crippen molar-refractivity contribution < 1.29 is 0 Å². The van der Waals surface area contributed by atoms with Crippen LogP contribution in [0.2, 0.25) is 0 Å². The molecular weight excluding hydrogens is 214 g/mol. The van der Waals surface area contributed by atoms with Gasteiger partial charge in [0.1, 0.15) is 5.82 Å². The van der Waals surface area contributed by atoms with Gasteiger partial charge in [0.25, 0.3) is 0 Å². The van der Waals surface area contributed by atoms with E-state index in [0.717, 1.165) is 30.2 Å². The third-order valence-electron chi connectivity index (χ3n) is 2.54. The van der Waals surface area contributed by atoms with E-state index >= 15 is 0 Å². The molecule has 0 bridgehead atoms. The highest BCUT2D eigenvalue weighted by atomic mass is 15.3. The number of nitrogens with zero attached hydrogens (tertiary/aromatic N) is 3. The predicted octanol–water partition coefficient (Wildman–Crippen LogP) is 1.36. The molecule has 0 fully saturated rings. The summed E-state index contributed by atoms with van der Waals surface area (Å²) in [5, 5.41) is 7.60. The highest BCUT2D eigenvalue weighted by Gasteiger charge is 2.01. The molecule has 2 aromatic rings. The van der Waals surface area contributed by atoms with Gasteiger partial charge in [-0.2, -0.15) is 5.10 Å². The van der Waals surface area contributed by atoms with Crippen molar-refractivity contribution >= 4 is 11.5 Å². The number of aryl methyl sites for hydroxylation is 2. The quantitative estimate of drug-likeness (QED) is 0.833. The third kappa shape index (κ3) is 2.96. The minimum absolute atomic E-state index is 0.698. The molecule has 2 rings (SSSR count). The molecule has 2 aromatic heterocycles. The molecule has 0 unspecified atom stereocenters. The smallest absolute Gasteiger partial charge is 0.124 e. The Morgan fingerprint density at radius 2 is 2.24 bits per heavy atom. The fraction of sp³-hybridized carbons (Fsp3) is 0.333. The fourth-order valence-corrected chi connectivity index (χ4v) is 1.68. The van der Waals surface area contributed by atoms with Gasteiger partial charge in [-0.3, -0.25) is 9.67 Å². The van der Waals surface area contributed by atoms with Gasteiger partial charge in [0, 0.05) is 31.8 Å². The number of rotatable bonds is 4. The SMILES string of the molecule is Cc1cc(NCCc2ccc(N)cn2)n(C)n1. The molecule has 0 atom stereocenters. The first-order valence-corrected chi connectivity index (χ1v) is 5.60. The van der Waals surface area contributed by atoms with E-state index in [-0.39, 0.29) is 0 Å². The van der Waals surface area contributed by atoms with Gasteiger partial charge < -0.3 is 11.1 Å². The second-order valence-corrected chi connectivity index (χ2v) is 4.05. The summed E-state index contributed by atoms with van der Waals surface area (Å²) in [5.41, 5.74) is 8.32. The Morgan fingerprint density at radius 3 is 2.82 bits per heavy atom. The summed E-state index contributed by atoms with van der Waals surface area (Å²) in [6, 6.07) is 5.85. The van der Waals surface area contributed by atoms with Crippen molar-refractivity contribution in [2.45, 2.75) is 13.3 Å². The lowest BCUT2D eigenvalue weighted by atomic mass is 10.2. The Hall–Kier alpha value is -2.04. The summed E-state index contributed by atoms with van der Waals surface area (Å²) in [6.45, 7) is 2.81. The summed E-state index contributed by atoms with van der Waals surface area (Å²) >= 11 is 0. The number of hydrogen-bond donors (Lipinski definition) is 2. The van der Waals surface area contributed by atoms with Crippen LogP contribution in [-0.4, -0.2) is 21.3 Å². The van der Waals surface area contributed by atoms with Crippen molar-refractivity contribution in [1.29, 1.82) is 0 Å². The Balaban J connectivity index is 1.87. The minimum Gasteiger partial charge on any atom is -0.397 e. The van der Waals surface area contributed by atoms with Crippen molar-refractivity contribution in [3.8, 4) is 0 Å². The topological polar surface area (TPSA) is 68.8 Å². The molecule has 0 saturated heterocycles. The Labute approximate surface area is 101 Å². The average Bonchev–Trinajstić information content (AvgIpc) is 2.60. The summed E-state index contributed by atoms with van der Waals surface area (Å²) in [6.07, 6.45) is 2.55. The lowest BCUT2D eigenvalue weighted by Crippen LogP contribution is -2.09. The molecular formula is C12H17N5. The maximum absolute atomic E-state index is 5.58. The molecule has 0 spiro atoms. The second kappa shape index (κ2) is 4.86. The van der Waals surface area contributed by atoms with Gasteiger partial charge in [0.2, 0.25) is 0 Å². The van der Waals surface area contributed by atoms with Gasteiger partial charge >= 0.3 is 0 Å². The Kier molecular flexibility index (Phi) is 3.27. The number of nitrogen functional groups attached to an aromatic ring is 1. The number of nitrogens with one attached hydrogen (secondary N) is 1. The number of nitrogens with two attached hydrogens (primary N) is 1. The van der Waals surface area contributed by atoms with Crippen LogP contribution in [-0.2, 0) is 13.5 Å². The number of aromatic nitrogens is 3. The van der Waals surface area contributed by atoms with E-state index in [1.54, 1.807) is 6.20 Å². The first-order valence-electron chi connectivity index (χ1n) is 5.60. The normalized spacial score (nSPS) is 10.5. The van der Waals surface area contributed by atoms with Gasteiger partial charge in [-0.25, -0.2) is 0 Å². The van der Waals surface area contributed by atoms with E-state index in [9.17, 15) is 0 Å². The van der Waals surface area contributed by atoms with Crippen molar-refractivity contribution in [2.75, 3.05) is 17.6 Å².